The molecule has 1 amide bonds. The summed E-state index contributed by atoms with van der Waals surface area (Å²) >= 11 is 12.0. The van der Waals surface area contributed by atoms with E-state index in [-0.39, 0.29) is 31.0 Å². The number of halogens is 3. The molecular formula is C16H19Cl3N4O2. The third-order valence-corrected chi connectivity index (χ3v) is 4.51. The minimum absolute atomic E-state index is 0. The Kier molecular flexibility index (Phi) is 6.95. The molecule has 0 saturated carbocycles. The van der Waals surface area contributed by atoms with Crippen LogP contribution in [0.25, 0.3) is 0 Å². The smallest absolute Gasteiger partial charge is 0.261 e. The summed E-state index contributed by atoms with van der Waals surface area (Å²) in [7, 11) is 1.92. The van der Waals surface area contributed by atoms with Gasteiger partial charge >= 0.3 is 0 Å². The van der Waals surface area contributed by atoms with Crippen LogP contribution in [-0.4, -0.2) is 46.6 Å². The molecule has 9 heteroatoms. The van der Waals surface area contributed by atoms with Gasteiger partial charge in [0.15, 0.2) is 6.61 Å². The van der Waals surface area contributed by atoms with Gasteiger partial charge in [0.1, 0.15) is 17.6 Å². The normalized spacial score (nSPS) is 17.1. The number of carbonyl (C=O) groups is 1. The third-order valence-electron chi connectivity index (χ3n) is 3.96. The molecule has 1 unspecified atom stereocenters. The summed E-state index contributed by atoms with van der Waals surface area (Å²) in [5.41, 5.74) is 0. The molecule has 0 radical (unpaired) electrons. The molecule has 1 aliphatic rings. The van der Waals surface area contributed by atoms with Gasteiger partial charge in [0.05, 0.1) is 5.02 Å². The molecule has 0 aliphatic carbocycles. The number of nitrogens with zero attached hydrogens (tertiary/aromatic N) is 3. The van der Waals surface area contributed by atoms with Crippen molar-refractivity contribution in [1.82, 2.24) is 19.8 Å². The highest BCUT2D eigenvalue weighted by atomic mass is 35.5. The van der Waals surface area contributed by atoms with Gasteiger partial charge in [-0.15, -0.1) is 12.4 Å². The highest BCUT2D eigenvalue weighted by Crippen LogP contribution is 2.28. The number of hydrogen-bond acceptors (Lipinski definition) is 4. The number of carbonyl (C=O) groups excluding carboxylic acids is 1. The molecule has 3 rings (SSSR count). The summed E-state index contributed by atoms with van der Waals surface area (Å²) < 4.78 is 7.50. The summed E-state index contributed by atoms with van der Waals surface area (Å²) in [4.78, 5) is 18.8. The van der Waals surface area contributed by atoms with Crippen molar-refractivity contribution in [3.63, 3.8) is 0 Å². The van der Waals surface area contributed by atoms with Crippen molar-refractivity contribution in [3.05, 3.63) is 46.5 Å². The van der Waals surface area contributed by atoms with Crippen LogP contribution < -0.4 is 10.1 Å². The number of benzene rings is 1. The van der Waals surface area contributed by atoms with Crippen molar-refractivity contribution >= 4 is 41.5 Å². The summed E-state index contributed by atoms with van der Waals surface area (Å²) in [6.07, 6.45) is 3.60. The summed E-state index contributed by atoms with van der Waals surface area (Å²) in [5.74, 6) is 1.14. The average Bonchev–Trinajstić information content (AvgIpc) is 3.01. The van der Waals surface area contributed by atoms with Crippen molar-refractivity contribution < 1.29 is 9.53 Å². The SMILES string of the molecule is Cl.Cn1ccnc1C1CNCCN1C(=O)COc1cc(Cl)ccc1Cl. The second kappa shape index (κ2) is 8.76. The van der Waals surface area contributed by atoms with Gasteiger partial charge in [0.25, 0.3) is 5.91 Å². The summed E-state index contributed by atoms with van der Waals surface area (Å²) in [6, 6.07) is 4.80. The molecule has 1 aromatic carbocycles. The van der Waals surface area contributed by atoms with Crippen LogP contribution in [0.4, 0.5) is 0 Å². The monoisotopic (exact) mass is 404 g/mol. The molecule has 136 valence electrons. The zero-order valence-corrected chi connectivity index (χ0v) is 15.9. The van der Waals surface area contributed by atoms with E-state index >= 15 is 0 Å². The molecular weight excluding hydrogens is 387 g/mol. The number of aromatic nitrogens is 2. The average molecular weight is 406 g/mol. The van der Waals surface area contributed by atoms with E-state index in [0.29, 0.717) is 28.9 Å². The summed E-state index contributed by atoms with van der Waals surface area (Å²) in [6.45, 7) is 1.91. The van der Waals surface area contributed by atoms with Crippen LogP contribution in [0, 0.1) is 0 Å². The predicted octanol–water partition coefficient (Wildman–Crippen LogP) is 2.70. The third kappa shape index (κ3) is 4.58. The lowest BCUT2D eigenvalue weighted by molar-refractivity contribution is -0.137. The topological polar surface area (TPSA) is 59.4 Å². The van der Waals surface area contributed by atoms with Gasteiger partial charge in [-0.3, -0.25) is 4.79 Å². The first-order valence-electron chi connectivity index (χ1n) is 7.61. The zero-order valence-electron chi connectivity index (χ0n) is 13.6. The maximum absolute atomic E-state index is 12.6. The fraction of sp³-hybridized carbons (Fsp3) is 0.375. The van der Waals surface area contributed by atoms with Crippen LogP contribution in [0.1, 0.15) is 11.9 Å². The predicted molar refractivity (Wildman–Crippen MR) is 99.7 cm³/mol. The number of aryl methyl sites for hydroxylation is 1. The van der Waals surface area contributed by atoms with Crippen LogP contribution in [0.2, 0.25) is 10.0 Å². The molecule has 2 heterocycles. The van der Waals surface area contributed by atoms with Crippen molar-refractivity contribution in [2.24, 2.45) is 7.05 Å². The molecule has 1 aliphatic heterocycles. The minimum atomic E-state index is -0.121. The van der Waals surface area contributed by atoms with Crippen molar-refractivity contribution in [3.8, 4) is 5.75 Å². The van der Waals surface area contributed by atoms with E-state index in [1.165, 1.54) is 0 Å². The first kappa shape index (κ1) is 19.8. The van der Waals surface area contributed by atoms with Crippen LogP contribution in [0.15, 0.2) is 30.6 Å². The molecule has 0 spiro atoms. The van der Waals surface area contributed by atoms with Gasteiger partial charge in [-0.25, -0.2) is 4.98 Å². The summed E-state index contributed by atoms with van der Waals surface area (Å²) in [5, 5.41) is 4.23. The molecule has 1 atom stereocenters. The Morgan fingerprint density at radius 3 is 2.96 bits per heavy atom. The van der Waals surface area contributed by atoms with Crippen molar-refractivity contribution in [2.75, 3.05) is 26.2 Å². The van der Waals surface area contributed by atoms with E-state index in [2.05, 4.69) is 10.3 Å². The number of amides is 1. The number of imidazole rings is 1. The van der Waals surface area contributed by atoms with E-state index in [9.17, 15) is 4.79 Å². The Labute approximate surface area is 162 Å². The molecule has 1 fully saturated rings. The van der Waals surface area contributed by atoms with Gasteiger partial charge in [0, 0.05) is 50.2 Å². The van der Waals surface area contributed by atoms with Gasteiger partial charge in [-0.1, -0.05) is 23.2 Å². The standard InChI is InChI=1S/C16H18Cl2N4O2.ClH/c1-21-6-5-20-16(21)13-9-19-4-7-22(13)15(23)10-24-14-8-11(17)2-3-12(14)18;/h2-3,5-6,8,13,19H,4,7,9-10H2,1H3;1H. The highest BCUT2D eigenvalue weighted by molar-refractivity contribution is 6.34. The van der Waals surface area contributed by atoms with E-state index in [1.807, 2.05) is 17.8 Å². The van der Waals surface area contributed by atoms with Crippen LogP contribution >= 0.6 is 35.6 Å². The molecule has 1 aromatic heterocycles. The van der Waals surface area contributed by atoms with Gasteiger partial charge in [0.2, 0.25) is 0 Å². The molecule has 1 N–H and O–H groups in total. The lowest BCUT2D eigenvalue weighted by Crippen LogP contribution is -2.50. The number of hydrogen-bond donors (Lipinski definition) is 1. The van der Waals surface area contributed by atoms with Crippen molar-refractivity contribution in [1.29, 1.82) is 0 Å². The van der Waals surface area contributed by atoms with Gasteiger partial charge < -0.3 is 19.5 Å². The molecule has 25 heavy (non-hydrogen) atoms. The van der Waals surface area contributed by atoms with E-state index in [0.717, 1.165) is 12.4 Å². The van der Waals surface area contributed by atoms with Crippen LogP contribution in [0.5, 0.6) is 5.75 Å². The first-order valence-corrected chi connectivity index (χ1v) is 8.37. The maximum atomic E-state index is 12.6. The number of rotatable bonds is 4. The quantitative estimate of drug-likeness (QED) is 0.850. The Morgan fingerprint density at radius 1 is 1.44 bits per heavy atom. The highest BCUT2D eigenvalue weighted by Gasteiger charge is 2.30. The van der Waals surface area contributed by atoms with E-state index in [1.54, 1.807) is 29.3 Å². The lowest BCUT2D eigenvalue weighted by Gasteiger charge is -2.35. The number of nitrogens with one attached hydrogen (secondary N) is 1. The Hall–Kier alpha value is -1.47. The van der Waals surface area contributed by atoms with E-state index in [4.69, 9.17) is 27.9 Å². The lowest BCUT2D eigenvalue weighted by atomic mass is 10.1. The van der Waals surface area contributed by atoms with Gasteiger partial charge in [-0.05, 0) is 12.1 Å². The number of ether oxygens (including phenoxy) is 1. The van der Waals surface area contributed by atoms with E-state index < -0.39 is 0 Å². The largest absolute Gasteiger partial charge is 0.482 e. The second-order valence-electron chi connectivity index (χ2n) is 5.57. The Bertz CT molecular complexity index is 738. The molecule has 6 nitrogen and oxygen atoms in total. The fourth-order valence-electron chi connectivity index (χ4n) is 2.74. The second-order valence-corrected chi connectivity index (χ2v) is 6.41. The molecule has 2 aromatic rings. The minimum Gasteiger partial charge on any atom is -0.482 e. The molecule has 0 bridgehead atoms. The number of piperazine rings is 1. The van der Waals surface area contributed by atoms with Crippen LogP contribution in [0.3, 0.4) is 0 Å². The molecule has 1 saturated heterocycles. The Morgan fingerprint density at radius 2 is 2.24 bits per heavy atom. The van der Waals surface area contributed by atoms with Crippen LogP contribution in [-0.2, 0) is 11.8 Å². The Balaban J connectivity index is 0.00000225. The maximum Gasteiger partial charge on any atom is 0.261 e. The first-order chi connectivity index (χ1) is 11.6. The zero-order chi connectivity index (χ0) is 17.1. The van der Waals surface area contributed by atoms with Gasteiger partial charge in [-0.2, -0.15) is 0 Å². The van der Waals surface area contributed by atoms with Crippen molar-refractivity contribution in [2.45, 2.75) is 6.04 Å². The fourth-order valence-corrected chi connectivity index (χ4v) is 3.08.